The van der Waals surface area contributed by atoms with Gasteiger partial charge in [0.1, 0.15) is 18.1 Å². The van der Waals surface area contributed by atoms with Crippen LogP contribution in [0.5, 0.6) is 11.5 Å². The highest BCUT2D eigenvalue weighted by atomic mass is 79.9. The van der Waals surface area contributed by atoms with E-state index in [0.717, 1.165) is 41.0 Å². The molecule has 3 aromatic carbocycles. The Balaban J connectivity index is 0.000000771. The summed E-state index contributed by atoms with van der Waals surface area (Å²) in [6, 6.07) is 20.9. The number of rotatable bonds is 9. The Morgan fingerprint density at radius 2 is 1.42 bits per heavy atom. The largest absolute Gasteiger partial charge is 0.508 e. The summed E-state index contributed by atoms with van der Waals surface area (Å²) in [4.78, 5) is 42.3. The first-order chi connectivity index (χ1) is 22.7. The molecule has 16 heteroatoms. The molecule has 0 spiro atoms. The van der Waals surface area contributed by atoms with Crippen LogP contribution in [-0.2, 0) is 32.1 Å². The Morgan fingerprint density at radius 1 is 0.840 bits per heavy atom. The van der Waals surface area contributed by atoms with Gasteiger partial charge in [-0.05, 0) is 123 Å². The van der Waals surface area contributed by atoms with Gasteiger partial charge in [-0.25, -0.2) is 19.2 Å². The molecule has 9 N–H and O–H groups in total. The van der Waals surface area contributed by atoms with Crippen LogP contribution in [0.4, 0.5) is 0 Å². The van der Waals surface area contributed by atoms with E-state index < -0.39 is 23.9 Å². The number of ether oxygens (including phenoxy) is 1. The molecule has 14 nitrogen and oxygen atoms in total. The Labute approximate surface area is 300 Å². The maximum absolute atomic E-state index is 10.1. The minimum Gasteiger partial charge on any atom is -0.508 e. The van der Waals surface area contributed by atoms with E-state index in [0.29, 0.717) is 5.75 Å². The quantitative estimate of drug-likeness (QED) is 0.152. The number of carboxylic acid groups (broad SMARTS) is 4. The SMILES string of the molecule is CN(C)Cc1ccc(Cc2c(-c3ccc(OCCN4CCCC4)cc3)sc3cc(O)ccc23)cc1Br.O.O.O=C(O)C(=O)O.O=C(O)C(=O)O. The van der Waals surface area contributed by atoms with Crippen molar-refractivity contribution in [2.45, 2.75) is 25.8 Å². The minimum atomic E-state index is -1.82. The number of likely N-dealkylation sites (tertiary alicyclic amines) is 1. The van der Waals surface area contributed by atoms with Crippen LogP contribution in [0, 0.1) is 0 Å². The highest BCUT2D eigenvalue weighted by molar-refractivity contribution is 9.10. The lowest BCUT2D eigenvalue weighted by Crippen LogP contribution is -2.25. The van der Waals surface area contributed by atoms with Gasteiger partial charge in [0, 0.05) is 27.1 Å². The van der Waals surface area contributed by atoms with Gasteiger partial charge in [-0.1, -0.05) is 28.1 Å². The number of nitrogens with zero attached hydrogens (tertiary/aromatic N) is 2. The molecule has 4 aromatic rings. The zero-order chi connectivity index (χ0) is 35.4. The molecule has 1 aliphatic rings. The van der Waals surface area contributed by atoms with Gasteiger partial charge in [0.05, 0.1) is 0 Å². The summed E-state index contributed by atoms with van der Waals surface area (Å²) in [7, 11) is 4.17. The van der Waals surface area contributed by atoms with Crippen molar-refractivity contribution in [3.05, 3.63) is 81.8 Å². The maximum Gasteiger partial charge on any atom is 0.414 e. The number of benzene rings is 3. The van der Waals surface area contributed by atoms with Gasteiger partial charge in [0.2, 0.25) is 0 Å². The number of aliphatic carboxylic acids is 4. The Morgan fingerprint density at radius 3 is 1.94 bits per heavy atom. The van der Waals surface area contributed by atoms with E-state index in [9.17, 15) is 5.11 Å². The fraction of sp³-hybridized carbons (Fsp3) is 0.294. The molecule has 0 amide bonds. The Bertz CT molecular complexity index is 1690. The predicted octanol–water partition coefficient (Wildman–Crippen LogP) is 3.83. The lowest BCUT2D eigenvalue weighted by molar-refractivity contribution is -0.159. The van der Waals surface area contributed by atoms with Crippen LogP contribution in [0.3, 0.4) is 0 Å². The summed E-state index contributed by atoms with van der Waals surface area (Å²) in [6.45, 7) is 5.02. The van der Waals surface area contributed by atoms with Crippen LogP contribution in [0.1, 0.15) is 29.5 Å². The van der Waals surface area contributed by atoms with Crippen LogP contribution >= 0.6 is 27.3 Å². The van der Waals surface area contributed by atoms with E-state index in [1.165, 1.54) is 58.4 Å². The van der Waals surface area contributed by atoms with Gasteiger partial charge in [-0.3, -0.25) is 4.90 Å². The van der Waals surface area contributed by atoms with E-state index in [-0.39, 0.29) is 11.0 Å². The fourth-order valence-corrected chi connectivity index (χ4v) is 6.73. The number of carboxylic acids is 4. The molecular formula is C34H41BrN2O12S. The van der Waals surface area contributed by atoms with Crippen molar-refractivity contribution in [3.63, 3.8) is 0 Å². The van der Waals surface area contributed by atoms with Crippen LogP contribution < -0.4 is 4.74 Å². The summed E-state index contributed by atoms with van der Waals surface area (Å²) >= 11 is 5.52. The summed E-state index contributed by atoms with van der Waals surface area (Å²) in [6.07, 6.45) is 3.44. The molecular weight excluding hydrogens is 740 g/mol. The lowest BCUT2D eigenvalue weighted by atomic mass is 9.98. The molecule has 2 heterocycles. The lowest BCUT2D eigenvalue weighted by Gasteiger charge is -2.15. The van der Waals surface area contributed by atoms with E-state index in [2.05, 4.69) is 82.3 Å². The summed E-state index contributed by atoms with van der Waals surface area (Å²) in [5, 5.41) is 40.9. The average Bonchev–Trinajstić information content (AvgIpc) is 3.67. The molecule has 0 atom stereocenters. The number of halogens is 1. The average molecular weight is 782 g/mol. The number of hydrogen-bond acceptors (Lipinski definition) is 9. The van der Waals surface area contributed by atoms with Gasteiger partial charge in [-0.2, -0.15) is 0 Å². The van der Waals surface area contributed by atoms with Gasteiger partial charge in [0.25, 0.3) is 0 Å². The van der Waals surface area contributed by atoms with E-state index >= 15 is 0 Å². The van der Waals surface area contributed by atoms with Crippen molar-refractivity contribution in [2.24, 2.45) is 0 Å². The van der Waals surface area contributed by atoms with Crippen molar-refractivity contribution in [2.75, 3.05) is 40.3 Å². The number of fused-ring (bicyclic) bond motifs is 1. The van der Waals surface area contributed by atoms with Crippen LogP contribution in [0.15, 0.2) is 65.1 Å². The molecule has 0 bridgehead atoms. The van der Waals surface area contributed by atoms with Gasteiger partial charge >= 0.3 is 23.9 Å². The first-order valence-corrected chi connectivity index (χ1v) is 16.4. The predicted molar refractivity (Wildman–Crippen MR) is 192 cm³/mol. The van der Waals surface area contributed by atoms with Crippen molar-refractivity contribution in [1.29, 1.82) is 0 Å². The summed E-state index contributed by atoms with van der Waals surface area (Å²) in [5.74, 6) is -6.08. The third kappa shape index (κ3) is 13.4. The first-order valence-electron chi connectivity index (χ1n) is 14.8. The molecule has 0 radical (unpaired) electrons. The smallest absolute Gasteiger partial charge is 0.414 e. The monoisotopic (exact) mass is 780 g/mol. The summed E-state index contributed by atoms with van der Waals surface area (Å²) in [5.41, 5.74) is 5.02. The van der Waals surface area contributed by atoms with Crippen molar-refractivity contribution < 1.29 is 60.4 Å². The van der Waals surface area contributed by atoms with E-state index in [1.54, 1.807) is 17.4 Å². The molecule has 1 aromatic heterocycles. The third-order valence-corrected chi connectivity index (χ3v) is 9.10. The first kappa shape index (κ1) is 43.4. The zero-order valence-electron chi connectivity index (χ0n) is 27.4. The molecule has 1 aliphatic heterocycles. The Hall–Kier alpha value is -4.58. The number of hydrogen-bond donors (Lipinski definition) is 5. The maximum atomic E-state index is 10.1. The fourth-order valence-electron chi connectivity index (χ4n) is 4.92. The molecule has 0 aliphatic carbocycles. The van der Waals surface area contributed by atoms with E-state index in [4.69, 9.17) is 44.3 Å². The van der Waals surface area contributed by atoms with Gasteiger partial charge < -0.3 is 46.1 Å². The molecule has 1 saturated heterocycles. The normalized spacial score (nSPS) is 12.0. The highest BCUT2D eigenvalue weighted by Gasteiger charge is 2.17. The molecule has 5 rings (SSSR count). The van der Waals surface area contributed by atoms with Crippen molar-refractivity contribution in [1.82, 2.24) is 9.80 Å². The molecule has 272 valence electrons. The Kier molecular flexibility index (Phi) is 18.1. The second kappa shape index (κ2) is 20.8. The number of phenols is 1. The van der Waals surface area contributed by atoms with Crippen molar-refractivity contribution >= 4 is 61.2 Å². The van der Waals surface area contributed by atoms with Crippen LogP contribution in [0.25, 0.3) is 20.5 Å². The zero-order valence-corrected chi connectivity index (χ0v) is 29.8. The minimum absolute atomic E-state index is 0. The number of phenolic OH excluding ortho intramolecular Hbond substituents is 1. The number of aromatic hydroxyl groups is 1. The number of thiophene rings is 1. The van der Waals surface area contributed by atoms with Crippen LogP contribution in [0.2, 0.25) is 0 Å². The highest BCUT2D eigenvalue weighted by Crippen LogP contribution is 2.41. The van der Waals surface area contributed by atoms with E-state index in [1.807, 2.05) is 12.1 Å². The second-order valence-electron chi connectivity index (χ2n) is 11.1. The van der Waals surface area contributed by atoms with Crippen molar-refractivity contribution in [3.8, 4) is 21.9 Å². The summed E-state index contributed by atoms with van der Waals surface area (Å²) < 4.78 is 8.28. The standard InChI is InChI=1S/C30H33BrN2O2S.2C2H2O4.2H2O/c1-32(2)20-23-6-5-21(18-28(23)31)17-27-26-12-9-24(34)19-29(26)36-30(27)22-7-10-25(11-8-22)35-16-15-33-13-3-4-14-33;2*3-1(4)2(5)6;;/h5-12,18-19,34H,3-4,13-17,20H2,1-2H3;2*(H,3,4)(H,5,6);2*1H2. The number of carbonyl (C=O) groups is 4. The topological polar surface area (TPSA) is 248 Å². The molecule has 0 unspecified atom stereocenters. The molecule has 50 heavy (non-hydrogen) atoms. The van der Waals surface area contributed by atoms with Gasteiger partial charge in [0.15, 0.2) is 0 Å². The molecule has 1 fully saturated rings. The third-order valence-electron chi connectivity index (χ3n) is 7.12. The molecule has 0 saturated carbocycles. The van der Waals surface area contributed by atoms with Crippen LogP contribution in [-0.4, -0.2) is 110 Å². The van der Waals surface area contributed by atoms with Gasteiger partial charge in [-0.15, -0.1) is 11.3 Å². The second-order valence-corrected chi connectivity index (χ2v) is 13.0.